The summed E-state index contributed by atoms with van der Waals surface area (Å²) in [5.74, 6) is -0.0256. The van der Waals surface area contributed by atoms with Crippen LogP contribution in [0.3, 0.4) is 0 Å². The molecule has 0 radical (unpaired) electrons. The summed E-state index contributed by atoms with van der Waals surface area (Å²) >= 11 is 6.05. The summed E-state index contributed by atoms with van der Waals surface area (Å²) in [5, 5.41) is 8.28. The topological polar surface area (TPSA) is 84.3 Å². The van der Waals surface area contributed by atoms with Crippen molar-refractivity contribution in [3.8, 4) is 16.9 Å². The van der Waals surface area contributed by atoms with Crippen molar-refractivity contribution in [3.63, 3.8) is 0 Å². The molecule has 0 unspecified atom stereocenters. The van der Waals surface area contributed by atoms with Gasteiger partial charge in [-0.25, -0.2) is 13.1 Å². The second kappa shape index (κ2) is 9.44. The van der Waals surface area contributed by atoms with Crippen molar-refractivity contribution >= 4 is 27.3 Å². The largest absolute Gasteiger partial charge is 0.351 e. The molecule has 9 heteroatoms. The van der Waals surface area contributed by atoms with Gasteiger partial charge in [0.15, 0.2) is 9.84 Å². The maximum absolute atomic E-state index is 12.4. The summed E-state index contributed by atoms with van der Waals surface area (Å²) in [6, 6.07) is 17.0. The Labute approximate surface area is 192 Å². The number of nitrogens with zero attached hydrogens (tertiary/aromatic N) is 3. The first-order valence-corrected chi connectivity index (χ1v) is 12.6. The quantitative estimate of drug-likeness (QED) is 0.571. The molecule has 0 saturated carbocycles. The molecule has 1 atom stereocenters. The number of hydrogen-bond donors (Lipinski definition) is 1. The second-order valence-corrected chi connectivity index (χ2v) is 10.8. The van der Waals surface area contributed by atoms with Gasteiger partial charge in [0, 0.05) is 34.9 Å². The van der Waals surface area contributed by atoms with E-state index in [2.05, 4.69) is 5.32 Å². The Bertz CT molecular complexity index is 1190. The second-order valence-electron chi connectivity index (χ2n) is 8.13. The van der Waals surface area contributed by atoms with E-state index in [0.29, 0.717) is 18.0 Å². The molecular weight excluding hydrogens is 448 g/mol. The molecule has 0 bridgehead atoms. The van der Waals surface area contributed by atoms with Gasteiger partial charge in [-0.1, -0.05) is 41.9 Å². The lowest BCUT2D eigenvalue weighted by molar-refractivity contribution is -0.122. The number of hydrogen-bond acceptors (Lipinski definition) is 5. The van der Waals surface area contributed by atoms with Gasteiger partial charge in [0.1, 0.15) is 0 Å². The number of carbonyl (C=O) groups excluding carboxylic acids is 1. The average molecular weight is 473 g/mol. The maximum Gasteiger partial charge on any atom is 0.234 e. The molecule has 0 spiro atoms. The van der Waals surface area contributed by atoms with Crippen molar-refractivity contribution in [3.05, 3.63) is 71.4 Å². The molecule has 7 nitrogen and oxygen atoms in total. The molecule has 4 rings (SSSR count). The van der Waals surface area contributed by atoms with Crippen LogP contribution in [0.25, 0.3) is 16.9 Å². The molecule has 3 aromatic rings. The molecule has 1 amide bonds. The minimum absolute atomic E-state index is 0.0208. The van der Waals surface area contributed by atoms with Crippen molar-refractivity contribution in [1.82, 2.24) is 20.0 Å². The van der Waals surface area contributed by atoms with Crippen LogP contribution in [0.4, 0.5) is 0 Å². The first-order chi connectivity index (χ1) is 15.3. The lowest BCUT2D eigenvalue weighted by atomic mass is 10.1. The minimum atomic E-state index is -3.03. The lowest BCUT2D eigenvalue weighted by Gasteiger charge is -2.18. The highest BCUT2D eigenvalue weighted by Gasteiger charge is 2.29. The van der Waals surface area contributed by atoms with Crippen molar-refractivity contribution in [2.45, 2.75) is 19.0 Å². The summed E-state index contributed by atoms with van der Waals surface area (Å²) in [5.41, 5.74) is 3.67. The van der Waals surface area contributed by atoms with E-state index in [9.17, 15) is 13.2 Å². The first kappa shape index (κ1) is 22.5. The molecular formula is C23H25ClN4O3S. The Hall–Kier alpha value is -2.68. The highest BCUT2D eigenvalue weighted by Crippen LogP contribution is 2.26. The average Bonchev–Trinajstić information content (AvgIpc) is 3.31. The lowest BCUT2D eigenvalue weighted by Crippen LogP contribution is -2.41. The summed E-state index contributed by atoms with van der Waals surface area (Å²) in [6.07, 6.45) is 2.44. The smallest absolute Gasteiger partial charge is 0.234 e. The van der Waals surface area contributed by atoms with Crippen LogP contribution in [0.1, 0.15) is 12.0 Å². The Balaban J connectivity index is 1.50. The molecule has 1 aromatic heterocycles. The molecule has 2 heterocycles. The molecule has 168 valence electrons. The number of para-hydroxylation sites is 1. The van der Waals surface area contributed by atoms with Crippen LogP contribution >= 0.6 is 11.6 Å². The summed E-state index contributed by atoms with van der Waals surface area (Å²) in [4.78, 5) is 14.3. The van der Waals surface area contributed by atoms with E-state index in [1.165, 1.54) is 0 Å². The molecule has 1 aliphatic heterocycles. The van der Waals surface area contributed by atoms with E-state index >= 15 is 0 Å². The Morgan fingerprint density at radius 1 is 1.19 bits per heavy atom. The minimum Gasteiger partial charge on any atom is -0.351 e. The fourth-order valence-electron chi connectivity index (χ4n) is 3.86. The number of carbonyl (C=O) groups is 1. The number of aromatic nitrogens is 2. The molecule has 1 aliphatic rings. The number of sulfone groups is 1. The van der Waals surface area contributed by atoms with Crippen LogP contribution in [0.5, 0.6) is 0 Å². The zero-order valence-corrected chi connectivity index (χ0v) is 19.3. The number of rotatable bonds is 7. The highest BCUT2D eigenvalue weighted by molar-refractivity contribution is 7.91. The Morgan fingerprint density at radius 2 is 1.91 bits per heavy atom. The first-order valence-electron chi connectivity index (χ1n) is 10.4. The van der Waals surface area contributed by atoms with E-state index in [4.69, 9.17) is 16.7 Å². The van der Waals surface area contributed by atoms with Gasteiger partial charge in [-0.15, -0.1) is 0 Å². The van der Waals surface area contributed by atoms with E-state index < -0.39 is 9.84 Å². The number of amides is 1. The predicted octanol–water partition coefficient (Wildman–Crippen LogP) is 2.93. The van der Waals surface area contributed by atoms with E-state index in [1.54, 1.807) is 0 Å². The van der Waals surface area contributed by atoms with Gasteiger partial charge in [0.05, 0.1) is 29.4 Å². The van der Waals surface area contributed by atoms with Gasteiger partial charge in [0.25, 0.3) is 0 Å². The van der Waals surface area contributed by atoms with Crippen molar-refractivity contribution in [1.29, 1.82) is 0 Å². The zero-order chi connectivity index (χ0) is 22.7. The third-order valence-corrected chi connectivity index (χ3v) is 7.40. The van der Waals surface area contributed by atoms with E-state index in [1.807, 2.05) is 77.4 Å². The molecule has 1 saturated heterocycles. The van der Waals surface area contributed by atoms with E-state index in [0.717, 1.165) is 22.5 Å². The zero-order valence-electron chi connectivity index (χ0n) is 17.7. The van der Waals surface area contributed by atoms with Crippen LogP contribution in [-0.2, 0) is 21.2 Å². The van der Waals surface area contributed by atoms with Gasteiger partial charge >= 0.3 is 0 Å². The van der Waals surface area contributed by atoms with Crippen LogP contribution in [-0.4, -0.2) is 60.1 Å². The third kappa shape index (κ3) is 5.56. The van der Waals surface area contributed by atoms with Gasteiger partial charge in [-0.3, -0.25) is 9.69 Å². The maximum atomic E-state index is 12.4. The van der Waals surface area contributed by atoms with E-state index in [-0.39, 0.29) is 30.0 Å². The SMILES string of the molecule is CN(CC(=O)N[C@H]1CCS(=O)(=O)C1)Cc1cn(-c2ccccc2)nc1-c1ccc(Cl)cc1. The number of likely N-dealkylation sites (N-methyl/N-ethyl adjacent to an activating group) is 1. The van der Waals surface area contributed by atoms with Crippen LogP contribution in [0, 0.1) is 0 Å². The Morgan fingerprint density at radius 3 is 2.56 bits per heavy atom. The van der Waals surface area contributed by atoms with Gasteiger partial charge in [-0.2, -0.15) is 5.10 Å². The molecule has 2 aromatic carbocycles. The molecule has 32 heavy (non-hydrogen) atoms. The highest BCUT2D eigenvalue weighted by atomic mass is 35.5. The summed E-state index contributed by atoms with van der Waals surface area (Å²) in [6.45, 7) is 0.661. The fraction of sp³-hybridized carbons (Fsp3) is 0.304. The monoisotopic (exact) mass is 472 g/mol. The fourth-order valence-corrected chi connectivity index (χ4v) is 5.66. The number of benzene rings is 2. The molecule has 1 fully saturated rings. The van der Waals surface area contributed by atoms with Crippen LogP contribution in [0.15, 0.2) is 60.8 Å². The summed E-state index contributed by atoms with van der Waals surface area (Å²) in [7, 11) is -1.17. The molecule has 1 N–H and O–H groups in total. The Kier molecular flexibility index (Phi) is 6.64. The number of halogens is 1. The molecule has 0 aliphatic carbocycles. The predicted molar refractivity (Wildman–Crippen MR) is 126 cm³/mol. The van der Waals surface area contributed by atoms with Gasteiger partial charge < -0.3 is 5.32 Å². The van der Waals surface area contributed by atoms with Gasteiger partial charge in [-0.05, 0) is 37.7 Å². The number of nitrogens with one attached hydrogen (secondary N) is 1. The third-order valence-electron chi connectivity index (χ3n) is 5.38. The van der Waals surface area contributed by atoms with Crippen molar-refractivity contribution in [2.75, 3.05) is 25.1 Å². The summed E-state index contributed by atoms with van der Waals surface area (Å²) < 4.78 is 25.1. The van der Waals surface area contributed by atoms with Crippen LogP contribution in [0.2, 0.25) is 5.02 Å². The van der Waals surface area contributed by atoms with Crippen molar-refractivity contribution in [2.24, 2.45) is 0 Å². The standard InChI is InChI=1S/C23H25ClN4O3S/c1-27(15-22(29)25-20-11-12-32(30,31)16-20)13-18-14-28(21-5-3-2-4-6-21)26-23(18)17-7-9-19(24)10-8-17/h2-10,14,20H,11-13,15-16H2,1H3,(H,25,29)/t20-/m0/s1. The van der Waals surface area contributed by atoms with Gasteiger partial charge in [0.2, 0.25) is 5.91 Å². The normalized spacial score (nSPS) is 17.5. The van der Waals surface area contributed by atoms with Crippen LogP contribution < -0.4 is 5.32 Å². The van der Waals surface area contributed by atoms with Crippen molar-refractivity contribution < 1.29 is 13.2 Å².